The average Bonchev–Trinajstić information content (AvgIpc) is 2.23. The molecule has 1 rings (SSSR count). The Hall–Kier alpha value is -1.36. The molecule has 0 unspecified atom stereocenters. The maximum atomic E-state index is 13.2. The topological polar surface area (TPSA) is 55.2 Å². The lowest BCUT2D eigenvalue weighted by Crippen LogP contribution is -2.04. The highest BCUT2D eigenvalue weighted by molar-refractivity contribution is 14.1. The number of nitro benzene ring substituents is 1. The fourth-order valence-corrected chi connectivity index (χ4v) is 1.55. The van der Waals surface area contributed by atoms with Crippen LogP contribution in [0.5, 0.6) is 0 Å². The minimum Gasteiger partial charge on any atom is -0.378 e. The summed E-state index contributed by atoms with van der Waals surface area (Å²) in [6.45, 7) is 0.372. The fraction of sp³-hybridized carbons (Fsp3) is 0.200. The van der Waals surface area contributed by atoms with Gasteiger partial charge in [-0.1, -0.05) is 0 Å². The predicted octanol–water partition coefficient (Wildman–Crippen LogP) is 2.77. The molecule has 0 amide bonds. The quantitative estimate of drug-likeness (QED) is 0.303. The van der Waals surface area contributed by atoms with E-state index in [1.165, 1.54) is 6.07 Å². The van der Waals surface area contributed by atoms with E-state index < -0.39 is 10.7 Å². The van der Waals surface area contributed by atoms with Crippen molar-refractivity contribution in [2.45, 2.75) is 6.42 Å². The number of rotatable bonds is 4. The van der Waals surface area contributed by atoms with Gasteiger partial charge in [0.05, 0.1) is 8.49 Å². The number of benzene rings is 1. The van der Waals surface area contributed by atoms with Gasteiger partial charge in [-0.05, 0) is 22.6 Å². The molecule has 0 aliphatic carbocycles. The molecule has 0 atom stereocenters. The summed E-state index contributed by atoms with van der Waals surface area (Å²) in [4.78, 5) is 10.2. The maximum Gasteiger partial charge on any atom is 0.293 e. The van der Waals surface area contributed by atoms with E-state index in [1.807, 2.05) is 0 Å². The van der Waals surface area contributed by atoms with Crippen molar-refractivity contribution in [1.82, 2.24) is 0 Å². The Balaban J connectivity index is 3.01. The minimum atomic E-state index is -0.556. The van der Waals surface area contributed by atoms with Crippen molar-refractivity contribution in [1.29, 1.82) is 0 Å². The second-order valence-corrected chi connectivity index (χ2v) is 4.08. The second-order valence-electron chi connectivity index (χ2n) is 2.92. The molecule has 0 saturated heterocycles. The summed E-state index contributed by atoms with van der Waals surface area (Å²) in [5, 5.41) is 13.5. The Morgan fingerprint density at radius 3 is 2.88 bits per heavy atom. The molecule has 4 nitrogen and oxygen atoms in total. The van der Waals surface area contributed by atoms with Crippen LogP contribution >= 0.6 is 22.6 Å². The van der Waals surface area contributed by atoms with Crippen molar-refractivity contribution in [3.63, 3.8) is 0 Å². The summed E-state index contributed by atoms with van der Waals surface area (Å²) < 4.78 is 13.4. The molecule has 0 saturated carbocycles. The number of terminal acetylenes is 1. The van der Waals surface area contributed by atoms with Gasteiger partial charge in [0.25, 0.3) is 5.69 Å². The summed E-state index contributed by atoms with van der Waals surface area (Å²) >= 11 is 1.71. The molecule has 0 aromatic heterocycles. The van der Waals surface area contributed by atoms with E-state index >= 15 is 0 Å². The Bertz CT molecular complexity index is 457. The number of nitro groups is 1. The summed E-state index contributed by atoms with van der Waals surface area (Å²) in [5.74, 6) is 1.89. The van der Waals surface area contributed by atoms with Crippen molar-refractivity contribution in [3.05, 3.63) is 31.6 Å². The number of halogens is 2. The molecule has 6 heteroatoms. The van der Waals surface area contributed by atoms with Crippen LogP contribution in [0.3, 0.4) is 0 Å². The highest BCUT2D eigenvalue weighted by Crippen LogP contribution is 2.28. The zero-order valence-electron chi connectivity index (χ0n) is 8.17. The van der Waals surface area contributed by atoms with Gasteiger partial charge in [0.1, 0.15) is 11.5 Å². The van der Waals surface area contributed by atoms with Gasteiger partial charge < -0.3 is 5.32 Å². The van der Waals surface area contributed by atoms with Gasteiger partial charge in [0.2, 0.25) is 0 Å². The van der Waals surface area contributed by atoms with E-state index in [2.05, 4.69) is 11.2 Å². The van der Waals surface area contributed by atoms with Gasteiger partial charge in [0.15, 0.2) is 0 Å². The molecule has 84 valence electrons. The molecule has 0 aliphatic heterocycles. The summed E-state index contributed by atoms with van der Waals surface area (Å²) in [5.41, 5.74) is 0.000914. The lowest BCUT2D eigenvalue weighted by atomic mass is 10.2. The number of anilines is 1. The first-order valence-electron chi connectivity index (χ1n) is 4.37. The highest BCUT2D eigenvalue weighted by atomic mass is 127. The molecule has 0 spiro atoms. The normalized spacial score (nSPS) is 9.56. The van der Waals surface area contributed by atoms with Gasteiger partial charge in [-0.3, -0.25) is 10.1 Å². The monoisotopic (exact) mass is 334 g/mol. The van der Waals surface area contributed by atoms with Gasteiger partial charge in [-0.15, -0.1) is 12.3 Å². The third kappa shape index (κ3) is 3.06. The smallest absolute Gasteiger partial charge is 0.293 e. The van der Waals surface area contributed by atoms with E-state index in [9.17, 15) is 14.5 Å². The first kappa shape index (κ1) is 12.7. The average molecular weight is 334 g/mol. The van der Waals surface area contributed by atoms with Crippen LogP contribution in [0.25, 0.3) is 0 Å². The van der Waals surface area contributed by atoms with Crippen molar-refractivity contribution in [2.75, 3.05) is 11.9 Å². The van der Waals surface area contributed by atoms with Crippen molar-refractivity contribution in [3.8, 4) is 12.3 Å². The minimum absolute atomic E-state index is 0.150. The number of hydrogen-bond donors (Lipinski definition) is 1. The Kier molecular flexibility index (Phi) is 4.49. The van der Waals surface area contributed by atoms with Gasteiger partial charge in [-0.25, -0.2) is 4.39 Å². The molecule has 0 aliphatic rings. The largest absolute Gasteiger partial charge is 0.378 e. The van der Waals surface area contributed by atoms with E-state index in [0.717, 1.165) is 6.07 Å². The van der Waals surface area contributed by atoms with Crippen LogP contribution in [0.4, 0.5) is 15.8 Å². The van der Waals surface area contributed by atoms with E-state index in [1.54, 1.807) is 22.6 Å². The Morgan fingerprint density at radius 1 is 1.62 bits per heavy atom. The fourth-order valence-electron chi connectivity index (χ4n) is 1.10. The second kappa shape index (κ2) is 5.65. The van der Waals surface area contributed by atoms with Gasteiger partial charge in [0, 0.05) is 25.1 Å². The van der Waals surface area contributed by atoms with Gasteiger partial charge >= 0.3 is 0 Å². The van der Waals surface area contributed by atoms with Crippen LogP contribution in [-0.4, -0.2) is 11.5 Å². The molecule has 0 radical (unpaired) electrons. The third-order valence-electron chi connectivity index (χ3n) is 1.82. The van der Waals surface area contributed by atoms with E-state index in [-0.39, 0.29) is 14.9 Å². The van der Waals surface area contributed by atoms with Crippen LogP contribution in [0.2, 0.25) is 0 Å². The van der Waals surface area contributed by atoms with E-state index in [0.29, 0.717) is 13.0 Å². The van der Waals surface area contributed by atoms with Crippen molar-refractivity contribution in [2.24, 2.45) is 0 Å². The van der Waals surface area contributed by atoms with Crippen LogP contribution in [0.15, 0.2) is 12.1 Å². The molecule has 0 fully saturated rings. The summed E-state index contributed by atoms with van der Waals surface area (Å²) in [6.07, 6.45) is 5.47. The molecule has 1 aromatic carbocycles. The van der Waals surface area contributed by atoms with Crippen molar-refractivity contribution < 1.29 is 9.31 Å². The number of nitrogens with one attached hydrogen (secondary N) is 1. The van der Waals surface area contributed by atoms with Crippen LogP contribution in [0, 0.1) is 31.8 Å². The SMILES string of the molecule is C#CCCNc1cc(F)c(I)cc1[N+](=O)[O-]. The lowest BCUT2D eigenvalue weighted by Gasteiger charge is -2.06. The zero-order valence-corrected chi connectivity index (χ0v) is 10.3. The summed E-state index contributed by atoms with van der Waals surface area (Å²) in [6, 6.07) is 2.30. The number of nitrogens with zero attached hydrogens (tertiary/aromatic N) is 1. The van der Waals surface area contributed by atoms with Crippen LogP contribution < -0.4 is 5.32 Å². The third-order valence-corrected chi connectivity index (χ3v) is 2.65. The first-order chi connectivity index (χ1) is 7.56. The maximum absolute atomic E-state index is 13.2. The first-order valence-corrected chi connectivity index (χ1v) is 5.45. The van der Waals surface area contributed by atoms with Crippen molar-refractivity contribution >= 4 is 34.0 Å². The molecule has 16 heavy (non-hydrogen) atoms. The molecular formula is C10H8FIN2O2. The Morgan fingerprint density at radius 2 is 2.31 bits per heavy atom. The highest BCUT2D eigenvalue weighted by Gasteiger charge is 2.16. The lowest BCUT2D eigenvalue weighted by molar-refractivity contribution is -0.384. The molecule has 1 aromatic rings. The number of hydrogen-bond acceptors (Lipinski definition) is 3. The summed E-state index contributed by atoms with van der Waals surface area (Å²) in [7, 11) is 0. The predicted molar refractivity (Wildman–Crippen MR) is 67.7 cm³/mol. The van der Waals surface area contributed by atoms with Gasteiger partial charge in [-0.2, -0.15) is 0 Å². The Labute approximate surface area is 106 Å². The molecule has 0 heterocycles. The standard InChI is InChI=1S/C10H8FIN2O2/c1-2-3-4-13-9-5-7(11)8(12)6-10(9)14(15)16/h1,5-6,13H,3-4H2. The zero-order chi connectivity index (χ0) is 12.1. The van der Waals surface area contributed by atoms with Crippen LogP contribution in [0.1, 0.15) is 6.42 Å². The van der Waals surface area contributed by atoms with Crippen LogP contribution in [-0.2, 0) is 0 Å². The molecule has 1 N–H and O–H groups in total. The van der Waals surface area contributed by atoms with E-state index in [4.69, 9.17) is 6.42 Å². The molecular weight excluding hydrogens is 326 g/mol. The molecule has 0 bridgehead atoms.